The van der Waals surface area contributed by atoms with Crippen molar-refractivity contribution < 1.29 is 0 Å². The molecule has 0 spiro atoms. The Balaban J connectivity index is 1.70. The molecule has 0 bridgehead atoms. The zero-order valence-corrected chi connectivity index (χ0v) is 11.8. The van der Waals surface area contributed by atoms with Gasteiger partial charge in [0, 0.05) is 11.6 Å². The summed E-state index contributed by atoms with van der Waals surface area (Å²) >= 11 is 7.50. The maximum atomic E-state index is 5.77. The van der Waals surface area contributed by atoms with Gasteiger partial charge in [0.1, 0.15) is 5.01 Å². The normalized spacial score (nSPS) is 10.8. The Hall–Kier alpha value is -1.58. The molecule has 3 aromatic rings. The summed E-state index contributed by atoms with van der Waals surface area (Å²) in [4.78, 5) is 4.60. The van der Waals surface area contributed by atoms with E-state index in [1.54, 1.807) is 11.3 Å². The first-order valence-electron chi connectivity index (χ1n) is 6.08. The molecule has 1 heterocycles. The number of fused-ring (bicyclic) bond motifs is 1. The summed E-state index contributed by atoms with van der Waals surface area (Å²) in [5.74, 6) is 0.554. The Bertz CT molecular complexity index is 643. The molecule has 2 aromatic carbocycles. The third-order valence-corrected chi connectivity index (χ3v) is 4.24. The van der Waals surface area contributed by atoms with Crippen LogP contribution in [0.15, 0.2) is 48.5 Å². The van der Waals surface area contributed by atoms with Gasteiger partial charge in [0.05, 0.1) is 16.8 Å². The average Bonchev–Trinajstić information content (AvgIpc) is 2.88. The predicted octanol–water partition coefficient (Wildman–Crippen LogP) is 4.65. The Morgan fingerprint density at radius 3 is 2.58 bits per heavy atom. The molecular formula is C15H13ClN2S. The van der Waals surface area contributed by atoms with E-state index in [1.807, 2.05) is 42.5 Å². The number of nitrogens with one attached hydrogen (secondary N) is 1. The van der Waals surface area contributed by atoms with Gasteiger partial charge in [-0.25, -0.2) is 4.98 Å². The largest absolute Gasteiger partial charge is 0.379 e. The Kier molecular flexibility index (Phi) is 3.67. The number of hydrogen-bond donors (Lipinski definition) is 1. The summed E-state index contributed by atoms with van der Waals surface area (Å²) in [5, 5.41) is 4.48. The maximum absolute atomic E-state index is 5.77. The Morgan fingerprint density at radius 2 is 1.84 bits per heavy atom. The van der Waals surface area contributed by atoms with Crippen LogP contribution in [0.5, 0.6) is 0 Å². The lowest BCUT2D eigenvalue weighted by Gasteiger charge is -2.04. The van der Waals surface area contributed by atoms with Gasteiger partial charge in [-0.05, 0) is 29.8 Å². The minimum absolute atomic E-state index is 0.554. The van der Waals surface area contributed by atoms with Crippen molar-refractivity contribution in [1.82, 2.24) is 4.98 Å². The fraction of sp³-hybridized carbons (Fsp3) is 0.133. The first-order chi connectivity index (χ1) is 9.35. The molecule has 0 fully saturated rings. The van der Waals surface area contributed by atoms with Crippen molar-refractivity contribution >= 4 is 38.8 Å². The van der Waals surface area contributed by atoms with Crippen molar-refractivity contribution in [1.29, 1.82) is 0 Å². The van der Waals surface area contributed by atoms with Gasteiger partial charge in [-0.2, -0.15) is 0 Å². The molecule has 0 saturated carbocycles. The van der Waals surface area contributed by atoms with Crippen LogP contribution < -0.4 is 5.32 Å². The highest BCUT2D eigenvalue weighted by Crippen LogP contribution is 2.22. The van der Waals surface area contributed by atoms with Crippen LogP contribution in [0.4, 0.5) is 5.69 Å². The zero-order valence-electron chi connectivity index (χ0n) is 10.3. The average molecular weight is 289 g/mol. The monoisotopic (exact) mass is 288 g/mol. The molecule has 0 aliphatic carbocycles. The van der Waals surface area contributed by atoms with Crippen molar-refractivity contribution in [3.63, 3.8) is 0 Å². The molecule has 0 amide bonds. The summed E-state index contributed by atoms with van der Waals surface area (Å²) in [5.41, 5.74) is 3.29. The van der Waals surface area contributed by atoms with E-state index >= 15 is 0 Å². The van der Waals surface area contributed by atoms with Crippen LogP contribution >= 0.6 is 22.9 Å². The fourth-order valence-electron chi connectivity index (χ4n) is 1.88. The third kappa shape index (κ3) is 2.88. The number of alkyl halides is 1. The minimum Gasteiger partial charge on any atom is -0.379 e. The number of para-hydroxylation sites is 1. The van der Waals surface area contributed by atoms with E-state index in [-0.39, 0.29) is 0 Å². The van der Waals surface area contributed by atoms with Crippen molar-refractivity contribution in [3.05, 3.63) is 59.1 Å². The van der Waals surface area contributed by atoms with Gasteiger partial charge in [-0.15, -0.1) is 22.9 Å². The Morgan fingerprint density at radius 1 is 1.05 bits per heavy atom. The van der Waals surface area contributed by atoms with Crippen molar-refractivity contribution in [2.75, 3.05) is 5.32 Å². The molecule has 3 rings (SSSR count). The number of anilines is 1. The standard InChI is InChI=1S/C15H13ClN2S/c16-9-11-5-7-12(8-6-11)17-10-15-18-13-3-1-2-4-14(13)19-15/h1-8,17H,9-10H2. The highest BCUT2D eigenvalue weighted by atomic mass is 35.5. The van der Waals surface area contributed by atoms with Crippen molar-refractivity contribution in [2.45, 2.75) is 12.4 Å². The molecule has 96 valence electrons. The molecule has 0 unspecified atom stereocenters. The lowest BCUT2D eigenvalue weighted by molar-refractivity contribution is 1.12. The lowest BCUT2D eigenvalue weighted by Crippen LogP contribution is -1.98. The highest BCUT2D eigenvalue weighted by Gasteiger charge is 2.02. The molecule has 0 saturated heterocycles. The molecule has 4 heteroatoms. The quantitative estimate of drug-likeness (QED) is 0.707. The number of benzene rings is 2. The SMILES string of the molecule is ClCc1ccc(NCc2nc3ccccc3s2)cc1. The van der Waals surface area contributed by atoms with Gasteiger partial charge in [0.15, 0.2) is 0 Å². The number of nitrogens with zero attached hydrogens (tertiary/aromatic N) is 1. The van der Waals surface area contributed by atoms with Crippen LogP contribution in [-0.2, 0) is 12.4 Å². The van der Waals surface area contributed by atoms with Gasteiger partial charge in [-0.1, -0.05) is 24.3 Å². The predicted molar refractivity (Wildman–Crippen MR) is 82.9 cm³/mol. The minimum atomic E-state index is 0.554. The zero-order chi connectivity index (χ0) is 13.1. The third-order valence-electron chi connectivity index (χ3n) is 2.89. The van der Waals surface area contributed by atoms with Crippen LogP contribution in [0.2, 0.25) is 0 Å². The summed E-state index contributed by atoms with van der Waals surface area (Å²) in [6.07, 6.45) is 0. The van der Waals surface area contributed by atoms with Crippen LogP contribution in [0.25, 0.3) is 10.2 Å². The number of thiazole rings is 1. The van der Waals surface area contributed by atoms with E-state index in [9.17, 15) is 0 Å². The summed E-state index contributed by atoms with van der Waals surface area (Å²) in [6, 6.07) is 16.4. The summed E-state index contributed by atoms with van der Waals surface area (Å²) in [6.45, 7) is 0.750. The van der Waals surface area contributed by atoms with E-state index in [1.165, 1.54) is 4.70 Å². The molecule has 0 aliphatic heterocycles. The molecule has 0 aliphatic rings. The number of rotatable bonds is 4. The van der Waals surface area contributed by atoms with Gasteiger partial charge in [-0.3, -0.25) is 0 Å². The second-order valence-electron chi connectivity index (χ2n) is 4.26. The van der Waals surface area contributed by atoms with Crippen LogP contribution in [-0.4, -0.2) is 4.98 Å². The first kappa shape index (κ1) is 12.5. The molecule has 1 N–H and O–H groups in total. The molecule has 0 atom stereocenters. The second-order valence-corrected chi connectivity index (χ2v) is 5.64. The first-order valence-corrected chi connectivity index (χ1v) is 7.43. The summed E-state index contributed by atoms with van der Waals surface area (Å²) in [7, 11) is 0. The van der Waals surface area contributed by atoms with E-state index in [4.69, 9.17) is 11.6 Å². The smallest absolute Gasteiger partial charge is 0.113 e. The van der Waals surface area contributed by atoms with Crippen LogP contribution in [0.1, 0.15) is 10.6 Å². The van der Waals surface area contributed by atoms with Crippen LogP contribution in [0.3, 0.4) is 0 Å². The molecule has 19 heavy (non-hydrogen) atoms. The van der Waals surface area contributed by atoms with E-state index in [2.05, 4.69) is 16.4 Å². The molecule has 1 aromatic heterocycles. The van der Waals surface area contributed by atoms with Crippen molar-refractivity contribution in [3.8, 4) is 0 Å². The number of halogens is 1. The molecule has 2 nitrogen and oxygen atoms in total. The van der Waals surface area contributed by atoms with E-state index < -0.39 is 0 Å². The molecular weight excluding hydrogens is 276 g/mol. The topological polar surface area (TPSA) is 24.9 Å². The van der Waals surface area contributed by atoms with Gasteiger partial charge in [0.2, 0.25) is 0 Å². The number of aromatic nitrogens is 1. The maximum Gasteiger partial charge on any atom is 0.113 e. The van der Waals surface area contributed by atoms with Gasteiger partial charge >= 0.3 is 0 Å². The summed E-state index contributed by atoms with van der Waals surface area (Å²) < 4.78 is 1.23. The van der Waals surface area contributed by atoms with Crippen LogP contribution in [0, 0.1) is 0 Å². The van der Waals surface area contributed by atoms with E-state index in [0.29, 0.717) is 5.88 Å². The molecule has 0 radical (unpaired) electrons. The fourth-order valence-corrected chi connectivity index (χ4v) is 2.97. The lowest BCUT2D eigenvalue weighted by atomic mass is 10.2. The van der Waals surface area contributed by atoms with Crippen molar-refractivity contribution in [2.24, 2.45) is 0 Å². The second kappa shape index (κ2) is 5.59. The highest BCUT2D eigenvalue weighted by molar-refractivity contribution is 7.18. The Labute approximate surface area is 121 Å². The number of hydrogen-bond acceptors (Lipinski definition) is 3. The van der Waals surface area contributed by atoms with E-state index in [0.717, 1.165) is 28.3 Å². The van der Waals surface area contributed by atoms with Gasteiger partial charge < -0.3 is 5.32 Å². The van der Waals surface area contributed by atoms with Gasteiger partial charge in [0.25, 0.3) is 0 Å².